The Balaban J connectivity index is 1.44. The molecule has 1 N–H and O–H groups in total. The van der Waals surface area contributed by atoms with E-state index in [-0.39, 0.29) is 5.92 Å². The van der Waals surface area contributed by atoms with Gasteiger partial charge in [-0.3, -0.25) is 9.69 Å². The highest BCUT2D eigenvalue weighted by molar-refractivity contribution is 5.70. The van der Waals surface area contributed by atoms with Gasteiger partial charge in [-0.2, -0.15) is 0 Å². The maximum absolute atomic E-state index is 11.1. The zero-order valence-electron chi connectivity index (χ0n) is 14.4. The van der Waals surface area contributed by atoms with Gasteiger partial charge in [0.25, 0.3) is 0 Å². The summed E-state index contributed by atoms with van der Waals surface area (Å²) < 4.78 is 5.88. The molecule has 1 fully saturated rings. The smallest absolute Gasteiger partial charge is 0.307 e. The largest absolute Gasteiger partial charge is 0.494 e. The first-order chi connectivity index (χ1) is 12.2. The van der Waals surface area contributed by atoms with Crippen molar-refractivity contribution in [1.29, 1.82) is 0 Å². The summed E-state index contributed by atoms with van der Waals surface area (Å²) in [6.07, 6.45) is 2.75. The number of aryl methyl sites for hydroxylation is 1. The molecular formula is C21H25NO3. The van der Waals surface area contributed by atoms with Gasteiger partial charge in [0, 0.05) is 13.1 Å². The summed E-state index contributed by atoms with van der Waals surface area (Å²) in [6, 6.07) is 18.6. The number of aliphatic carboxylic acids is 1. The summed E-state index contributed by atoms with van der Waals surface area (Å²) in [7, 11) is 0. The second-order valence-electron chi connectivity index (χ2n) is 6.64. The quantitative estimate of drug-likeness (QED) is 0.747. The van der Waals surface area contributed by atoms with Crippen LogP contribution in [0.15, 0.2) is 54.6 Å². The molecule has 0 spiro atoms. The predicted molar refractivity (Wildman–Crippen MR) is 97.7 cm³/mol. The van der Waals surface area contributed by atoms with Gasteiger partial charge >= 0.3 is 5.97 Å². The zero-order valence-corrected chi connectivity index (χ0v) is 14.4. The minimum atomic E-state index is -0.682. The van der Waals surface area contributed by atoms with Gasteiger partial charge in [-0.1, -0.05) is 42.5 Å². The standard InChI is InChI=1S/C21H25NO3/c23-21(24)19-11-12-22(16-19)15-18-8-4-10-20(14-18)25-13-5-9-17-6-2-1-3-7-17/h1-4,6-8,10,14,19H,5,9,11-13,15-16H2,(H,23,24). The summed E-state index contributed by atoms with van der Waals surface area (Å²) in [4.78, 5) is 13.3. The molecule has 2 aromatic rings. The average Bonchev–Trinajstić information content (AvgIpc) is 3.09. The molecule has 0 radical (unpaired) electrons. The first-order valence-corrected chi connectivity index (χ1v) is 8.91. The molecule has 1 aliphatic rings. The van der Waals surface area contributed by atoms with Gasteiger partial charge < -0.3 is 9.84 Å². The van der Waals surface area contributed by atoms with E-state index in [0.717, 1.165) is 38.1 Å². The van der Waals surface area contributed by atoms with Crippen molar-refractivity contribution in [3.8, 4) is 5.75 Å². The molecule has 0 aliphatic carbocycles. The first kappa shape index (κ1) is 17.5. The fraction of sp³-hybridized carbons (Fsp3) is 0.381. The van der Waals surface area contributed by atoms with E-state index in [0.29, 0.717) is 13.2 Å². The van der Waals surface area contributed by atoms with Crippen LogP contribution in [0, 0.1) is 5.92 Å². The zero-order chi connectivity index (χ0) is 17.5. The van der Waals surface area contributed by atoms with Gasteiger partial charge in [0.1, 0.15) is 5.75 Å². The SMILES string of the molecule is O=C(O)C1CCN(Cc2cccc(OCCCc3ccccc3)c2)C1. The van der Waals surface area contributed by atoms with E-state index in [9.17, 15) is 4.79 Å². The molecule has 1 saturated heterocycles. The molecule has 0 amide bonds. The molecule has 1 heterocycles. The van der Waals surface area contributed by atoms with Gasteiger partial charge in [-0.25, -0.2) is 0 Å². The minimum absolute atomic E-state index is 0.225. The van der Waals surface area contributed by atoms with Gasteiger partial charge in [-0.05, 0) is 49.1 Å². The molecule has 1 unspecified atom stereocenters. The van der Waals surface area contributed by atoms with Gasteiger partial charge in [0.05, 0.1) is 12.5 Å². The number of hydrogen-bond donors (Lipinski definition) is 1. The summed E-state index contributed by atoms with van der Waals surface area (Å²) in [5.41, 5.74) is 2.51. The lowest BCUT2D eigenvalue weighted by Gasteiger charge is -2.16. The number of carboxylic acid groups (broad SMARTS) is 1. The highest BCUT2D eigenvalue weighted by Gasteiger charge is 2.27. The number of benzene rings is 2. The number of rotatable bonds is 8. The van der Waals surface area contributed by atoms with E-state index in [1.165, 1.54) is 11.1 Å². The van der Waals surface area contributed by atoms with Crippen LogP contribution in [0.5, 0.6) is 5.75 Å². The van der Waals surface area contributed by atoms with Crippen molar-refractivity contribution < 1.29 is 14.6 Å². The van der Waals surface area contributed by atoms with Crippen molar-refractivity contribution in [2.75, 3.05) is 19.7 Å². The Morgan fingerprint density at radius 3 is 2.68 bits per heavy atom. The van der Waals surface area contributed by atoms with Crippen molar-refractivity contribution in [2.24, 2.45) is 5.92 Å². The number of hydrogen-bond acceptors (Lipinski definition) is 3. The fourth-order valence-electron chi connectivity index (χ4n) is 3.28. The number of carboxylic acids is 1. The second-order valence-corrected chi connectivity index (χ2v) is 6.64. The molecule has 4 heteroatoms. The monoisotopic (exact) mass is 339 g/mol. The van der Waals surface area contributed by atoms with E-state index in [1.807, 2.05) is 18.2 Å². The van der Waals surface area contributed by atoms with Crippen LogP contribution in [0.1, 0.15) is 24.0 Å². The van der Waals surface area contributed by atoms with Gasteiger partial charge in [0.15, 0.2) is 0 Å². The third kappa shape index (κ3) is 5.33. The second kappa shape index (κ2) is 8.67. The topological polar surface area (TPSA) is 49.8 Å². The highest BCUT2D eigenvalue weighted by Crippen LogP contribution is 2.21. The normalized spacial score (nSPS) is 17.5. The Bertz CT molecular complexity index is 687. The molecule has 0 saturated carbocycles. The van der Waals surface area contributed by atoms with Crippen molar-refractivity contribution >= 4 is 5.97 Å². The molecular weight excluding hydrogens is 314 g/mol. The van der Waals surface area contributed by atoms with Crippen LogP contribution in [-0.2, 0) is 17.8 Å². The van der Waals surface area contributed by atoms with Crippen molar-refractivity contribution in [1.82, 2.24) is 4.90 Å². The van der Waals surface area contributed by atoms with Crippen LogP contribution >= 0.6 is 0 Å². The minimum Gasteiger partial charge on any atom is -0.494 e. The lowest BCUT2D eigenvalue weighted by Crippen LogP contribution is -2.22. The van der Waals surface area contributed by atoms with Gasteiger partial charge in [-0.15, -0.1) is 0 Å². The number of likely N-dealkylation sites (tertiary alicyclic amines) is 1. The van der Waals surface area contributed by atoms with Crippen LogP contribution in [0.4, 0.5) is 0 Å². The number of carbonyl (C=O) groups is 1. The Morgan fingerprint density at radius 1 is 1.12 bits per heavy atom. The summed E-state index contributed by atoms with van der Waals surface area (Å²) in [6.45, 7) is 2.96. The molecule has 132 valence electrons. The number of ether oxygens (including phenoxy) is 1. The van der Waals surface area contributed by atoms with Crippen LogP contribution in [0.25, 0.3) is 0 Å². The molecule has 1 atom stereocenters. The molecule has 4 nitrogen and oxygen atoms in total. The fourth-order valence-corrected chi connectivity index (χ4v) is 3.28. The van der Waals surface area contributed by atoms with Gasteiger partial charge in [0.2, 0.25) is 0 Å². The lowest BCUT2D eigenvalue weighted by molar-refractivity contribution is -0.141. The Kier molecular flexibility index (Phi) is 6.07. The summed E-state index contributed by atoms with van der Waals surface area (Å²) >= 11 is 0. The maximum Gasteiger partial charge on any atom is 0.307 e. The van der Waals surface area contributed by atoms with Crippen molar-refractivity contribution in [3.05, 3.63) is 65.7 Å². The van der Waals surface area contributed by atoms with E-state index >= 15 is 0 Å². The average molecular weight is 339 g/mol. The third-order valence-corrected chi connectivity index (χ3v) is 4.65. The Hall–Kier alpha value is -2.33. The first-order valence-electron chi connectivity index (χ1n) is 8.91. The maximum atomic E-state index is 11.1. The highest BCUT2D eigenvalue weighted by atomic mass is 16.5. The molecule has 2 aromatic carbocycles. The van der Waals surface area contributed by atoms with Crippen LogP contribution in [0.3, 0.4) is 0 Å². The van der Waals surface area contributed by atoms with E-state index < -0.39 is 5.97 Å². The number of nitrogens with zero attached hydrogens (tertiary/aromatic N) is 1. The van der Waals surface area contributed by atoms with Crippen molar-refractivity contribution in [2.45, 2.75) is 25.8 Å². The predicted octanol–water partition coefficient (Wildman–Crippen LogP) is 3.60. The lowest BCUT2D eigenvalue weighted by atomic mass is 10.1. The van der Waals surface area contributed by atoms with E-state index in [4.69, 9.17) is 9.84 Å². The van der Waals surface area contributed by atoms with E-state index in [1.54, 1.807) is 0 Å². The molecule has 0 bridgehead atoms. The molecule has 1 aliphatic heterocycles. The molecule has 0 aromatic heterocycles. The van der Waals surface area contributed by atoms with Crippen LogP contribution in [-0.4, -0.2) is 35.7 Å². The molecule has 25 heavy (non-hydrogen) atoms. The van der Waals surface area contributed by atoms with Crippen molar-refractivity contribution in [3.63, 3.8) is 0 Å². The van der Waals surface area contributed by atoms with Crippen LogP contribution in [0.2, 0.25) is 0 Å². The summed E-state index contributed by atoms with van der Waals surface area (Å²) in [5.74, 6) is -0.0186. The van der Waals surface area contributed by atoms with E-state index in [2.05, 4.69) is 41.3 Å². The Labute approximate surface area is 149 Å². The van der Waals surface area contributed by atoms with Crippen LogP contribution < -0.4 is 4.74 Å². The third-order valence-electron chi connectivity index (χ3n) is 4.65. The summed E-state index contributed by atoms with van der Waals surface area (Å²) in [5, 5.41) is 9.10. The Morgan fingerprint density at radius 2 is 1.92 bits per heavy atom. The molecule has 3 rings (SSSR count).